The summed E-state index contributed by atoms with van der Waals surface area (Å²) in [5.74, 6) is 1.31. The minimum Gasteiger partial charge on any atom is -0.468 e. The van der Waals surface area contributed by atoms with Gasteiger partial charge >= 0.3 is 5.97 Å². The Kier molecular flexibility index (Phi) is 4.04. The number of hydrogen-bond acceptors (Lipinski definition) is 5. The van der Waals surface area contributed by atoms with E-state index in [1.165, 1.54) is 7.11 Å². The van der Waals surface area contributed by atoms with Crippen molar-refractivity contribution in [3.05, 3.63) is 23.8 Å². The van der Waals surface area contributed by atoms with E-state index in [0.29, 0.717) is 0 Å². The van der Waals surface area contributed by atoms with E-state index < -0.39 is 0 Å². The summed E-state index contributed by atoms with van der Waals surface area (Å²) < 4.78 is 15.1. The zero-order valence-corrected chi connectivity index (χ0v) is 10.6. The molecule has 18 heavy (non-hydrogen) atoms. The van der Waals surface area contributed by atoms with Crippen LogP contribution < -0.4 is 14.8 Å². The van der Waals surface area contributed by atoms with Gasteiger partial charge in [0.1, 0.15) is 0 Å². The Labute approximate surface area is 106 Å². The Balaban J connectivity index is 1.87. The highest BCUT2D eigenvalue weighted by molar-refractivity contribution is 5.71. The summed E-state index contributed by atoms with van der Waals surface area (Å²) in [6, 6.07) is 6.07. The largest absolute Gasteiger partial charge is 0.468 e. The van der Waals surface area contributed by atoms with Crippen LogP contribution in [0.4, 0.5) is 0 Å². The number of nitrogens with one attached hydrogen (secondary N) is 1. The summed E-state index contributed by atoms with van der Waals surface area (Å²) in [6.07, 6.45) is 0.813. The lowest BCUT2D eigenvalue weighted by Crippen LogP contribution is -2.33. The van der Waals surface area contributed by atoms with Crippen LogP contribution in [-0.4, -0.2) is 32.5 Å². The molecule has 1 unspecified atom stereocenters. The highest BCUT2D eigenvalue weighted by atomic mass is 16.7. The summed E-state index contributed by atoms with van der Waals surface area (Å²) in [6.45, 7) is 2.53. The van der Waals surface area contributed by atoms with Crippen LogP contribution in [0.1, 0.15) is 12.5 Å². The normalized spacial score (nSPS) is 14.3. The fourth-order valence-corrected chi connectivity index (χ4v) is 1.82. The molecule has 1 aromatic rings. The van der Waals surface area contributed by atoms with E-state index in [-0.39, 0.29) is 25.3 Å². The molecule has 0 aromatic heterocycles. The standard InChI is InChI=1S/C13H17NO4/c1-9(14-7-13(15)16-2)5-10-3-4-11-12(6-10)18-8-17-11/h3-4,6,9,14H,5,7-8H2,1-2H3. The van der Waals surface area contributed by atoms with Gasteiger partial charge in [-0.1, -0.05) is 6.07 Å². The monoisotopic (exact) mass is 251 g/mol. The predicted molar refractivity (Wildman–Crippen MR) is 65.7 cm³/mol. The maximum absolute atomic E-state index is 11.0. The molecule has 0 spiro atoms. The van der Waals surface area contributed by atoms with Crippen molar-refractivity contribution < 1.29 is 19.0 Å². The molecule has 0 aliphatic carbocycles. The number of benzene rings is 1. The molecular formula is C13H17NO4. The van der Waals surface area contributed by atoms with Gasteiger partial charge in [-0.15, -0.1) is 0 Å². The predicted octanol–water partition coefficient (Wildman–Crippen LogP) is 1.11. The number of rotatable bonds is 5. The molecule has 0 fully saturated rings. The van der Waals surface area contributed by atoms with Crippen molar-refractivity contribution in [2.75, 3.05) is 20.4 Å². The van der Waals surface area contributed by atoms with Gasteiger partial charge in [0, 0.05) is 6.04 Å². The molecule has 1 atom stereocenters. The van der Waals surface area contributed by atoms with Crippen molar-refractivity contribution in [2.24, 2.45) is 0 Å². The van der Waals surface area contributed by atoms with Crippen molar-refractivity contribution in [2.45, 2.75) is 19.4 Å². The molecular weight excluding hydrogens is 234 g/mol. The van der Waals surface area contributed by atoms with Crippen molar-refractivity contribution in [1.29, 1.82) is 0 Å². The van der Waals surface area contributed by atoms with E-state index in [2.05, 4.69) is 10.1 Å². The highest BCUT2D eigenvalue weighted by Gasteiger charge is 2.14. The smallest absolute Gasteiger partial charge is 0.319 e. The van der Waals surface area contributed by atoms with E-state index in [9.17, 15) is 4.79 Å². The van der Waals surface area contributed by atoms with Crippen molar-refractivity contribution >= 4 is 5.97 Å². The lowest BCUT2D eigenvalue weighted by atomic mass is 10.1. The molecule has 5 nitrogen and oxygen atoms in total. The Bertz CT molecular complexity index is 433. The molecule has 2 rings (SSSR count). The number of esters is 1. The first-order chi connectivity index (χ1) is 8.69. The summed E-state index contributed by atoms with van der Waals surface area (Å²) in [7, 11) is 1.38. The number of carbonyl (C=O) groups excluding carboxylic acids is 1. The maximum atomic E-state index is 11.0. The van der Waals surface area contributed by atoms with Gasteiger partial charge in [-0.25, -0.2) is 0 Å². The summed E-state index contributed by atoms with van der Waals surface area (Å²) in [5.41, 5.74) is 1.14. The minimum atomic E-state index is -0.257. The number of fused-ring (bicyclic) bond motifs is 1. The Morgan fingerprint density at radius 2 is 2.22 bits per heavy atom. The quantitative estimate of drug-likeness (QED) is 0.794. The zero-order chi connectivity index (χ0) is 13.0. The number of hydrogen-bond donors (Lipinski definition) is 1. The summed E-state index contributed by atoms with van der Waals surface area (Å²) >= 11 is 0. The van der Waals surface area contributed by atoms with Crippen LogP contribution in [-0.2, 0) is 16.0 Å². The van der Waals surface area contributed by atoms with E-state index in [4.69, 9.17) is 9.47 Å². The molecule has 1 aromatic carbocycles. The third-order valence-corrected chi connectivity index (χ3v) is 2.80. The Morgan fingerprint density at radius 1 is 1.44 bits per heavy atom. The second-order valence-electron chi connectivity index (χ2n) is 4.25. The maximum Gasteiger partial charge on any atom is 0.319 e. The van der Waals surface area contributed by atoms with Crippen LogP contribution >= 0.6 is 0 Å². The first-order valence-corrected chi connectivity index (χ1v) is 5.88. The third kappa shape index (κ3) is 3.13. The molecule has 1 heterocycles. The SMILES string of the molecule is COC(=O)CNC(C)Cc1ccc2c(c1)OCO2. The lowest BCUT2D eigenvalue weighted by molar-refractivity contribution is -0.139. The fourth-order valence-electron chi connectivity index (χ4n) is 1.82. The van der Waals surface area contributed by atoms with Crippen molar-refractivity contribution in [3.8, 4) is 11.5 Å². The zero-order valence-electron chi connectivity index (χ0n) is 10.6. The van der Waals surface area contributed by atoms with Crippen molar-refractivity contribution in [1.82, 2.24) is 5.32 Å². The summed E-state index contributed by atoms with van der Waals surface area (Å²) in [4.78, 5) is 11.0. The van der Waals surface area contributed by atoms with Crippen LogP contribution in [0.15, 0.2) is 18.2 Å². The molecule has 0 amide bonds. The number of methoxy groups -OCH3 is 1. The molecule has 98 valence electrons. The fraction of sp³-hybridized carbons (Fsp3) is 0.462. The van der Waals surface area contributed by atoms with Crippen LogP contribution in [0.5, 0.6) is 11.5 Å². The lowest BCUT2D eigenvalue weighted by Gasteiger charge is -2.13. The van der Waals surface area contributed by atoms with Crippen LogP contribution in [0, 0.1) is 0 Å². The van der Waals surface area contributed by atoms with Crippen molar-refractivity contribution in [3.63, 3.8) is 0 Å². The van der Waals surface area contributed by atoms with E-state index in [1.54, 1.807) is 0 Å². The molecule has 0 saturated heterocycles. The van der Waals surface area contributed by atoms with Gasteiger partial charge in [-0.2, -0.15) is 0 Å². The Hall–Kier alpha value is -1.75. The second kappa shape index (κ2) is 5.73. The van der Waals surface area contributed by atoms with Gasteiger partial charge in [-0.05, 0) is 31.0 Å². The third-order valence-electron chi connectivity index (χ3n) is 2.80. The van der Waals surface area contributed by atoms with Crippen LogP contribution in [0.25, 0.3) is 0 Å². The molecule has 1 aliphatic heterocycles. The molecule has 0 saturated carbocycles. The van der Waals surface area contributed by atoms with Gasteiger partial charge in [0.25, 0.3) is 0 Å². The Morgan fingerprint density at radius 3 is 3.00 bits per heavy atom. The second-order valence-corrected chi connectivity index (χ2v) is 4.25. The van der Waals surface area contributed by atoms with Gasteiger partial charge < -0.3 is 19.5 Å². The molecule has 0 radical (unpaired) electrons. The number of ether oxygens (including phenoxy) is 3. The average molecular weight is 251 g/mol. The van der Waals surface area contributed by atoms with Gasteiger partial charge in [-0.3, -0.25) is 4.79 Å². The van der Waals surface area contributed by atoms with Gasteiger partial charge in [0.2, 0.25) is 6.79 Å². The molecule has 1 aliphatic rings. The first kappa shape index (κ1) is 12.7. The topological polar surface area (TPSA) is 56.8 Å². The molecule has 5 heteroatoms. The summed E-state index contributed by atoms with van der Waals surface area (Å²) in [5, 5.41) is 3.10. The highest BCUT2D eigenvalue weighted by Crippen LogP contribution is 2.32. The molecule has 0 bridgehead atoms. The first-order valence-electron chi connectivity index (χ1n) is 5.88. The van der Waals surface area contributed by atoms with E-state index in [0.717, 1.165) is 23.5 Å². The van der Waals surface area contributed by atoms with Gasteiger partial charge in [0.05, 0.1) is 13.7 Å². The van der Waals surface area contributed by atoms with E-state index >= 15 is 0 Å². The minimum absolute atomic E-state index is 0.185. The van der Waals surface area contributed by atoms with E-state index in [1.807, 2.05) is 25.1 Å². The van der Waals surface area contributed by atoms with Crippen LogP contribution in [0.2, 0.25) is 0 Å². The molecule has 1 N–H and O–H groups in total. The van der Waals surface area contributed by atoms with Gasteiger partial charge in [0.15, 0.2) is 11.5 Å². The van der Waals surface area contributed by atoms with Crippen LogP contribution in [0.3, 0.4) is 0 Å². The number of carbonyl (C=O) groups is 1. The average Bonchev–Trinajstić information content (AvgIpc) is 2.83.